The summed E-state index contributed by atoms with van der Waals surface area (Å²) in [6.45, 7) is 2.75. The molecular formula is C25H25F3N4O5S. The second kappa shape index (κ2) is 11.2. The van der Waals surface area contributed by atoms with Gasteiger partial charge in [-0.3, -0.25) is 10.2 Å². The van der Waals surface area contributed by atoms with Gasteiger partial charge in [-0.05, 0) is 47.9 Å². The lowest BCUT2D eigenvalue weighted by Crippen LogP contribution is -2.41. The third kappa shape index (κ3) is 7.07. The molecule has 0 aliphatic carbocycles. The van der Waals surface area contributed by atoms with Gasteiger partial charge in [0.15, 0.2) is 0 Å². The summed E-state index contributed by atoms with van der Waals surface area (Å²) in [7, 11) is -3.84. The summed E-state index contributed by atoms with van der Waals surface area (Å²) in [6.07, 6.45) is -4.68. The van der Waals surface area contributed by atoms with Gasteiger partial charge >= 0.3 is 12.1 Å². The van der Waals surface area contributed by atoms with Crippen molar-refractivity contribution in [2.75, 3.05) is 6.54 Å². The number of carboxylic acids is 1. The fourth-order valence-corrected chi connectivity index (χ4v) is 5.09. The van der Waals surface area contributed by atoms with Gasteiger partial charge in [0.05, 0.1) is 4.90 Å². The number of benzene rings is 3. The van der Waals surface area contributed by atoms with Crippen LogP contribution < -0.4 is 10.5 Å². The van der Waals surface area contributed by atoms with Crippen molar-refractivity contribution < 1.29 is 36.3 Å². The minimum Gasteiger partial charge on any atom is -0.475 e. The quantitative estimate of drug-likeness (QED) is 0.273. The number of nitrogens with two attached hydrogens (primary N) is 1. The van der Waals surface area contributed by atoms with Crippen molar-refractivity contribution in [1.82, 2.24) is 9.62 Å². The van der Waals surface area contributed by atoms with Crippen molar-refractivity contribution in [3.63, 3.8) is 0 Å². The van der Waals surface area contributed by atoms with Crippen LogP contribution in [0.2, 0.25) is 0 Å². The number of hydrogen-bond acceptors (Lipinski definition) is 5. The first-order valence-corrected chi connectivity index (χ1v) is 12.7. The molecule has 1 saturated heterocycles. The molecule has 3 aromatic carbocycles. The van der Waals surface area contributed by atoms with Crippen molar-refractivity contribution in [2.45, 2.75) is 37.0 Å². The van der Waals surface area contributed by atoms with Gasteiger partial charge in [-0.2, -0.15) is 17.9 Å². The zero-order chi connectivity index (χ0) is 28.3. The van der Waals surface area contributed by atoms with Crippen LogP contribution in [0.15, 0.2) is 65.6 Å². The third-order valence-electron chi connectivity index (χ3n) is 5.73. The van der Waals surface area contributed by atoms with Crippen LogP contribution in [0, 0.1) is 12.3 Å². The van der Waals surface area contributed by atoms with Gasteiger partial charge in [0.25, 0.3) is 0 Å². The lowest BCUT2D eigenvalue weighted by molar-refractivity contribution is -0.192. The van der Waals surface area contributed by atoms with Crippen LogP contribution in [-0.2, 0) is 26.2 Å². The number of likely N-dealkylation sites (tertiary alicyclic amines) is 1. The number of carbonyl (C=O) groups is 2. The Bertz CT molecular complexity index is 1490. The van der Waals surface area contributed by atoms with Gasteiger partial charge in [-0.15, -0.1) is 0 Å². The number of carbonyl (C=O) groups excluding carboxylic acids is 1. The highest BCUT2D eigenvalue weighted by atomic mass is 32.2. The van der Waals surface area contributed by atoms with E-state index in [-0.39, 0.29) is 16.6 Å². The molecule has 1 aliphatic heterocycles. The SMILES string of the molecule is Cc1ccc2ccc(S(=O)(=O)N[C@H]3CCN(Cc4cccc(C(=N)N)c4)C3=O)cc2c1.O=C(O)C(F)(F)F. The first-order valence-electron chi connectivity index (χ1n) is 11.2. The second-order valence-corrected chi connectivity index (χ2v) is 10.4. The van der Waals surface area contributed by atoms with E-state index < -0.39 is 28.2 Å². The molecule has 1 amide bonds. The minimum absolute atomic E-state index is 0.0363. The van der Waals surface area contributed by atoms with Gasteiger partial charge in [-0.1, -0.05) is 48.0 Å². The predicted octanol–water partition coefficient (Wildman–Crippen LogP) is 3.14. The molecule has 1 aliphatic rings. The monoisotopic (exact) mass is 550 g/mol. The average molecular weight is 551 g/mol. The lowest BCUT2D eigenvalue weighted by atomic mass is 10.1. The number of sulfonamides is 1. The number of fused-ring (bicyclic) bond motifs is 1. The van der Waals surface area contributed by atoms with E-state index in [9.17, 15) is 26.4 Å². The molecule has 0 radical (unpaired) electrons. The Morgan fingerprint density at radius 1 is 1.13 bits per heavy atom. The van der Waals surface area contributed by atoms with Crippen molar-refractivity contribution in [3.8, 4) is 0 Å². The molecule has 5 N–H and O–H groups in total. The lowest BCUT2D eigenvalue weighted by Gasteiger charge is -2.18. The number of halogens is 3. The van der Waals surface area contributed by atoms with Crippen LogP contribution in [0.4, 0.5) is 13.2 Å². The number of carboxylic acid groups (broad SMARTS) is 1. The van der Waals surface area contributed by atoms with E-state index in [2.05, 4.69) is 4.72 Å². The van der Waals surface area contributed by atoms with Crippen LogP contribution >= 0.6 is 0 Å². The standard InChI is InChI=1S/C23H24N4O3S.C2HF3O2/c1-15-5-6-17-7-8-20(13-19(17)11-15)31(29,30)26-21-9-10-27(23(21)28)14-16-3-2-4-18(12-16)22(24)25;3-2(4,5)1(6)7/h2-8,11-13,21,26H,9-10,14H2,1H3,(H3,24,25);(H,6,7)/t21-;/m0./s1. The first kappa shape index (κ1) is 28.6. The maximum atomic E-state index is 12.9. The molecule has 0 saturated carbocycles. The molecule has 0 aromatic heterocycles. The van der Waals surface area contributed by atoms with E-state index in [1.54, 1.807) is 41.3 Å². The highest BCUT2D eigenvalue weighted by Gasteiger charge is 2.38. The molecule has 0 spiro atoms. The Morgan fingerprint density at radius 3 is 2.42 bits per heavy atom. The van der Waals surface area contributed by atoms with E-state index in [4.69, 9.17) is 21.0 Å². The molecule has 1 atom stereocenters. The number of alkyl halides is 3. The Balaban J connectivity index is 0.000000505. The number of nitrogen functional groups attached to an aromatic ring is 1. The molecule has 4 rings (SSSR count). The zero-order valence-electron chi connectivity index (χ0n) is 20.1. The van der Waals surface area contributed by atoms with Crippen LogP contribution in [0.1, 0.15) is 23.1 Å². The van der Waals surface area contributed by atoms with Crippen LogP contribution in [0.5, 0.6) is 0 Å². The van der Waals surface area contributed by atoms with Crippen molar-refractivity contribution >= 4 is 38.5 Å². The van der Waals surface area contributed by atoms with E-state index in [0.717, 1.165) is 21.9 Å². The number of nitrogens with zero attached hydrogens (tertiary/aromatic N) is 1. The van der Waals surface area contributed by atoms with E-state index in [1.165, 1.54) is 0 Å². The topological polar surface area (TPSA) is 154 Å². The summed E-state index contributed by atoms with van der Waals surface area (Å²) >= 11 is 0. The average Bonchev–Trinajstić information content (AvgIpc) is 3.16. The molecular weight excluding hydrogens is 525 g/mol. The maximum Gasteiger partial charge on any atom is 0.490 e. The van der Waals surface area contributed by atoms with Gasteiger partial charge < -0.3 is 15.7 Å². The fraction of sp³-hybridized carbons (Fsp3) is 0.240. The molecule has 3 aromatic rings. The van der Waals surface area contributed by atoms with Crippen molar-refractivity contribution in [2.24, 2.45) is 5.73 Å². The predicted molar refractivity (Wildman–Crippen MR) is 134 cm³/mol. The highest BCUT2D eigenvalue weighted by molar-refractivity contribution is 7.89. The Kier molecular flexibility index (Phi) is 8.42. The fourth-order valence-electron chi connectivity index (χ4n) is 3.83. The number of amides is 1. The first-order chi connectivity index (χ1) is 17.7. The molecule has 9 nitrogen and oxygen atoms in total. The summed E-state index contributed by atoms with van der Waals surface area (Å²) in [5, 5.41) is 16.5. The molecule has 13 heteroatoms. The summed E-state index contributed by atoms with van der Waals surface area (Å²) in [4.78, 5) is 23.5. The zero-order valence-corrected chi connectivity index (χ0v) is 20.9. The molecule has 1 heterocycles. The van der Waals surface area contributed by atoms with Gasteiger partial charge in [0, 0.05) is 18.7 Å². The highest BCUT2D eigenvalue weighted by Crippen LogP contribution is 2.22. The van der Waals surface area contributed by atoms with Crippen molar-refractivity contribution in [3.05, 3.63) is 77.4 Å². The molecule has 0 unspecified atom stereocenters. The van der Waals surface area contributed by atoms with Gasteiger partial charge in [0.2, 0.25) is 15.9 Å². The molecule has 38 heavy (non-hydrogen) atoms. The van der Waals surface area contributed by atoms with Gasteiger partial charge in [-0.25, -0.2) is 13.2 Å². The number of hydrogen-bond donors (Lipinski definition) is 4. The smallest absolute Gasteiger partial charge is 0.475 e. The van der Waals surface area contributed by atoms with Crippen LogP contribution in [-0.4, -0.2) is 54.9 Å². The van der Waals surface area contributed by atoms with Crippen LogP contribution in [0.25, 0.3) is 10.8 Å². The Hall–Kier alpha value is -3.97. The summed E-state index contributed by atoms with van der Waals surface area (Å²) < 4.78 is 60.2. The number of rotatable bonds is 6. The number of nitrogens with one attached hydrogen (secondary N) is 2. The maximum absolute atomic E-state index is 12.9. The van der Waals surface area contributed by atoms with Crippen molar-refractivity contribution in [1.29, 1.82) is 5.41 Å². The summed E-state index contributed by atoms with van der Waals surface area (Å²) in [5.74, 6) is -3.05. The largest absolute Gasteiger partial charge is 0.490 e. The normalized spacial score (nSPS) is 15.7. The molecule has 202 valence electrons. The number of aliphatic carboxylic acids is 1. The third-order valence-corrected chi connectivity index (χ3v) is 7.20. The molecule has 0 bridgehead atoms. The van der Waals surface area contributed by atoms with E-state index in [1.807, 2.05) is 31.2 Å². The summed E-state index contributed by atoms with van der Waals surface area (Å²) in [6, 6.07) is 17.2. The van der Waals surface area contributed by atoms with Gasteiger partial charge in [0.1, 0.15) is 11.9 Å². The minimum atomic E-state index is -5.08. The summed E-state index contributed by atoms with van der Waals surface area (Å²) in [5.41, 5.74) is 8.01. The van der Waals surface area contributed by atoms with Crippen LogP contribution in [0.3, 0.4) is 0 Å². The van der Waals surface area contributed by atoms with E-state index in [0.29, 0.717) is 25.1 Å². The Labute approximate surface area is 216 Å². The number of aryl methyl sites for hydroxylation is 1. The Morgan fingerprint density at radius 2 is 1.79 bits per heavy atom. The van der Waals surface area contributed by atoms with E-state index >= 15 is 0 Å². The second-order valence-electron chi connectivity index (χ2n) is 8.65. The molecule has 1 fully saturated rings. The number of amidine groups is 1.